The summed E-state index contributed by atoms with van der Waals surface area (Å²) < 4.78 is 23.1. The number of ether oxygens (including phenoxy) is 4. The zero-order valence-electron chi connectivity index (χ0n) is 24.6. The lowest BCUT2D eigenvalue weighted by Crippen LogP contribution is -2.28. The molecule has 230 valence electrons. The smallest absolute Gasteiger partial charge is 0.262 e. The van der Waals surface area contributed by atoms with E-state index < -0.39 is 0 Å². The van der Waals surface area contributed by atoms with Crippen LogP contribution in [0.5, 0.6) is 23.0 Å². The number of benzene rings is 3. The molecule has 44 heavy (non-hydrogen) atoms. The van der Waals surface area contributed by atoms with Crippen LogP contribution in [0.25, 0.3) is 10.9 Å². The van der Waals surface area contributed by atoms with E-state index >= 15 is 0 Å². The molecule has 0 fully saturated rings. The molecule has 0 aliphatic carbocycles. The summed E-state index contributed by atoms with van der Waals surface area (Å²) in [6.07, 6.45) is 1.26. The molecule has 5 rings (SSSR count). The number of aromatic nitrogens is 2. The van der Waals surface area contributed by atoms with Gasteiger partial charge in [0.25, 0.3) is 5.56 Å². The van der Waals surface area contributed by atoms with Gasteiger partial charge in [-0.05, 0) is 42.2 Å². The molecule has 0 spiro atoms. The zero-order valence-corrected chi connectivity index (χ0v) is 25.4. The van der Waals surface area contributed by atoms with Crippen LogP contribution in [0.15, 0.2) is 70.6 Å². The molecular formula is C32H34N4O7S. The molecule has 12 heteroatoms. The van der Waals surface area contributed by atoms with Crippen LogP contribution in [0.4, 0.5) is 0 Å². The second-order valence-electron chi connectivity index (χ2n) is 10.0. The lowest BCUT2D eigenvalue weighted by atomic mass is 10.1. The molecule has 2 heterocycles. The van der Waals surface area contributed by atoms with Crippen molar-refractivity contribution in [3.8, 4) is 23.0 Å². The van der Waals surface area contributed by atoms with Crippen molar-refractivity contribution in [2.24, 2.45) is 0 Å². The van der Waals surface area contributed by atoms with E-state index in [0.29, 0.717) is 65.0 Å². The fraction of sp³-hybridized carbons (Fsp3) is 0.312. The number of fused-ring (bicyclic) bond motifs is 2. The Balaban J connectivity index is 1.21. The molecule has 0 saturated carbocycles. The number of methoxy groups -OCH3 is 2. The average Bonchev–Trinajstić information content (AvgIpc) is 3.51. The Labute approximate surface area is 258 Å². The molecular weight excluding hydrogens is 584 g/mol. The van der Waals surface area contributed by atoms with Crippen LogP contribution in [0.3, 0.4) is 0 Å². The van der Waals surface area contributed by atoms with E-state index in [1.165, 1.54) is 16.3 Å². The van der Waals surface area contributed by atoms with Crippen molar-refractivity contribution in [1.82, 2.24) is 20.2 Å². The number of hydrogen-bond acceptors (Lipinski definition) is 9. The number of rotatable bonds is 14. The highest BCUT2D eigenvalue weighted by Crippen LogP contribution is 2.35. The Bertz CT molecular complexity index is 1690. The van der Waals surface area contributed by atoms with Gasteiger partial charge in [0.15, 0.2) is 28.2 Å². The van der Waals surface area contributed by atoms with Crippen LogP contribution in [-0.4, -0.2) is 54.7 Å². The van der Waals surface area contributed by atoms with Crippen molar-refractivity contribution in [2.45, 2.75) is 37.5 Å². The summed E-state index contributed by atoms with van der Waals surface area (Å²) in [7, 11) is 3.17. The Morgan fingerprint density at radius 2 is 1.70 bits per heavy atom. The minimum atomic E-state index is -0.269. The standard InChI is InChI=1S/C32H34N4O7S/c1-40-25-11-10-21(15-26(25)41-2)12-13-33-29(37)9-6-14-36-31(39)23-16-27-28(43-20-42-27)17-24(23)35-32(36)44-19-30(38)34-18-22-7-4-3-5-8-22/h3-5,7-8,10-11,15-17H,6,9,12-14,18-20H2,1-2H3,(H,33,37)(H,34,38). The van der Waals surface area contributed by atoms with Gasteiger partial charge in [-0.15, -0.1) is 0 Å². The van der Waals surface area contributed by atoms with E-state index in [-0.39, 0.29) is 42.9 Å². The maximum Gasteiger partial charge on any atom is 0.262 e. The lowest BCUT2D eigenvalue weighted by molar-refractivity contribution is -0.121. The normalized spacial score (nSPS) is 11.8. The van der Waals surface area contributed by atoms with Crippen molar-refractivity contribution < 1.29 is 28.5 Å². The molecule has 1 aliphatic heterocycles. The van der Waals surface area contributed by atoms with Crippen molar-refractivity contribution in [3.05, 3.63) is 82.1 Å². The van der Waals surface area contributed by atoms with Gasteiger partial charge in [-0.25, -0.2) is 4.98 Å². The summed E-state index contributed by atoms with van der Waals surface area (Å²) in [5.41, 5.74) is 2.18. The Morgan fingerprint density at radius 1 is 0.932 bits per heavy atom. The molecule has 0 unspecified atom stereocenters. The van der Waals surface area contributed by atoms with Gasteiger partial charge >= 0.3 is 0 Å². The SMILES string of the molecule is COc1ccc(CCNC(=O)CCCn2c(SCC(=O)NCc3ccccc3)nc3cc4c(cc3c2=O)OCO4)cc1OC. The number of nitrogens with one attached hydrogen (secondary N) is 2. The van der Waals surface area contributed by atoms with Gasteiger partial charge in [-0.1, -0.05) is 48.2 Å². The molecule has 4 aromatic rings. The quantitative estimate of drug-likeness (QED) is 0.161. The number of nitrogens with zero attached hydrogens (tertiary/aromatic N) is 2. The van der Waals surface area contributed by atoms with E-state index in [0.717, 1.165) is 11.1 Å². The Morgan fingerprint density at radius 3 is 2.48 bits per heavy atom. The predicted molar refractivity (Wildman–Crippen MR) is 167 cm³/mol. The van der Waals surface area contributed by atoms with Gasteiger partial charge in [0.1, 0.15) is 0 Å². The van der Waals surface area contributed by atoms with Crippen LogP contribution in [0, 0.1) is 0 Å². The summed E-state index contributed by atoms with van der Waals surface area (Å²) in [5.74, 6) is 2.06. The van der Waals surface area contributed by atoms with E-state index in [1.807, 2.05) is 48.5 Å². The molecule has 0 radical (unpaired) electrons. The summed E-state index contributed by atoms with van der Waals surface area (Å²) in [4.78, 5) is 43.5. The molecule has 1 aliphatic rings. The minimum absolute atomic E-state index is 0.0736. The Hall–Kier alpha value is -4.71. The van der Waals surface area contributed by atoms with Gasteiger partial charge < -0.3 is 29.6 Å². The summed E-state index contributed by atoms with van der Waals surface area (Å²) in [6.45, 7) is 1.19. The number of hydrogen-bond donors (Lipinski definition) is 2. The van der Waals surface area contributed by atoms with Gasteiger partial charge in [0.05, 0.1) is 30.9 Å². The van der Waals surface area contributed by atoms with Crippen molar-refractivity contribution in [3.63, 3.8) is 0 Å². The lowest BCUT2D eigenvalue weighted by Gasteiger charge is -2.14. The van der Waals surface area contributed by atoms with Crippen LogP contribution in [-0.2, 0) is 29.1 Å². The predicted octanol–water partition coefficient (Wildman–Crippen LogP) is 3.69. The zero-order chi connectivity index (χ0) is 30.9. The van der Waals surface area contributed by atoms with E-state index in [4.69, 9.17) is 23.9 Å². The topological polar surface area (TPSA) is 130 Å². The number of carbonyl (C=O) groups excluding carboxylic acids is 2. The fourth-order valence-electron chi connectivity index (χ4n) is 4.74. The number of thioether (sulfide) groups is 1. The van der Waals surface area contributed by atoms with Crippen LogP contribution >= 0.6 is 11.8 Å². The summed E-state index contributed by atoms with van der Waals surface area (Å²) in [5, 5.41) is 6.61. The van der Waals surface area contributed by atoms with Gasteiger partial charge in [-0.2, -0.15) is 0 Å². The summed E-state index contributed by atoms with van der Waals surface area (Å²) >= 11 is 1.18. The number of amides is 2. The third-order valence-corrected chi connectivity index (χ3v) is 8.02. The fourth-order valence-corrected chi connectivity index (χ4v) is 5.60. The van der Waals surface area contributed by atoms with Crippen LogP contribution in [0.1, 0.15) is 24.0 Å². The van der Waals surface area contributed by atoms with Crippen molar-refractivity contribution in [1.29, 1.82) is 0 Å². The average molecular weight is 619 g/mol. The monoisotopic (exact) mass is 618 g/mol. The molecule has 1 aromatic heterocycles. The van der Waals surface area contributed by atoms with E-state index in [2.05, 4.69) is 10.6 Å². The molecule has 2 amide bonds. The first-order valence-corrected chi connectivity index (χ1v) is 15.2. The number of carbonyl (C=O) groups is 2. The third kappa shape index (κ3) is 7.62. The highest BCUT2D eigenvalue weighted by Gasteiger charge is 2.20. The first-order chi connectivity index (χ1) is 21.4. The minimum Gasteiger partial charge on any atom is -0.493 e. The highest BCUT2D eigenvalue weighted by atomic mass is 32.2. The maximum atomic E-state index is 13.6. The van der Waals surface area contributed by atoms with Crippen molar-refractivity contribution in [2.75, 3.05) is 33.3 Å². The maximum absolute atomic E-state index is 13.6. The van der Waals surface area contributed by atoms with Crippen LogP contribution in [0.2, 0.25) is 0 Å². The highest BCUT2D eigenvalue weighted by molar-refractivity contribution is 7.99. The molecule has 2 N–H and O–H groups in total. The van der Waals surface area contributed by atoms with Crippen molar-refractivity contribution >= 4 is 34.5 Å². The third-order valence-electron chi connectivity index (χ3n) is 7.05. The molecule has 11 nitrogen and oxygen atoms in total. The van der Waals surface area contributed by atoms with Gasteiger partial charge in [0, 0.05) is 32.1 Å². The van der Waals surface area contributed by atoms with Gasteiger partial charge in [0.2, 0.25) is 18.6 Å². The molecule has 3 aromatic carbocycles. The van der Waals surface area contributed by atoms with E-state index in [1.54, 1.807) is 26.4 Å². The summed E-state index contributed by atoms with van der Waals surface area (Å²) in [6, 6.07) is 18.6. The first kappa shape index (κ1) is 30.7. The van der Waals surface area contributed by atoms with Gasteiger partial charge in [-0.3, -0.25) is 19.0 Å². The first-order valence-electron chi connectivity index (χ1n) is 14.2. The van der Waals surface area contributed by atoms with E-state index in [9.17, 15) is 14.4 Å². The Kier molecular flexibility index (Phi) is 10.2. The molecule has 0 saturated heterocycles. The second-order valence-corrected chi connectivity index (χ2v) is 11.0. The molecule has 0 atom stereocenters. The molecule has 0 bridgehead atoms. The largest absolute Gasteiger partial charge is 0.493 e. The second kappa shape index (κ2) is 14.6. The van der Waals surface area contributed by atoms with Crippen LogP contribution < -0.4 is 35.1 Å².